The molecule has 4 bridgehead atoms. The molecule has 0 spiro atoms. The molecular weight excluding hydrogens is 334 g/mol. The van der Waals surface area contributed by atoms with Gasteiger partial charge in [-0.3, -0.25) is 0 Å². The average Bonchev–Trinajstić information content (AvgIpc) is 2.59. The molecule has 0 atom stereocenters. The van der Waals surface area contributed by atoms with E-state index >= 15 is 0 Å². The summed E-state index contributed by atoms with van der Waals surface area (Å²) in [5.74, 6) is 0.358. The lowest BCUT2D eigenvalue weighted by atomic mass is 9.53. The van der Waals surface area contributed by atoms with Crippen LogP contribution in [-0.4, -0.2) is 34.8 Å². The topological polar surface area (TPSA) is 95.9 Å². The van der Waals surface area contributed by atoms with Crippen LogP contribution < -0.4 is 10.1 Å². The number of benzene rings is 1. The molecule has 26 heavy (non-hydrogen) atoms. The summed E-state index contributed by atoms with van der Waals surface area (Å²) in [7, 11) is 1.74. The van der Waals surface area contributed by atoms with Crippen LogP contribution in [-0.2, 0) is 16.1 Å². The van der Waals surface area contributed by atoms with Crippen molar-refractivity contribution < 1.29 is 24.5 Å². The van der Waals surface area contributed by atoms with Crippen LogP contribution in [0.1, 0.15) is 44.1 Å². The minimum Gasteiger partial charge on any atom is -0.497 e. The van der Waals surface area contributed by atoms with Crippen molar-refractivity contribution in [2.24, 2.45) is 17.8 Å². The molecule has 4 aliphatic rings. The number of nitrogens with one attached hydrogen (secondary N) is 1. The molecule has 5 rings (SSSR count). The molecule has 3 N–H and O–H groups in total. The number of carboxylic acid groups (broad SMARTS) is 2. The van der Waals surface area contributed by atoms with Crippen molar-refractivity contribution in [3.8, 4) is 5.75 Å². The van der Waals surface area contributed by atoms with E-state index in [1.165, 1.54) is 44.1 Å². The zero-order valence-electron chi connectivity index (χ0n) is 15.1. The Kier molecular flexibility index (Phi) is 5.51. The molecule has 6 nitrogen and oxygen atoms in total. The fourth-order valence-corrected chi connectivity index (χ4v) is 5.40. The second kappa shape index (κ2) is 7.66. The molecule has 142 valence electrons. The molecule has 0 amide bonds. The SMILES string of the molecule is COc1cccc(CNC23CC4CC(CC(C4)C2)C3)c1.O=C(O)C(=O)O. The van der Waals surface area contributed by atoms with E-state index in [1.54, 1.807) is 7.11 Å². The van der Waals surface area contributed by atoms with Gasteiger partial charge in [-0.25, -0.2) is 9.59 Å². The van der Waals surface area contributed by atoms with Gasteiger partial charge in [0.2, 0.25) is 0 Å². The van der Waals surface area contributed by atoms with Crippen molar-refractivity contribution >= 4 is 11.9 Å². The molecule has 0 aliphatic heterocycles. The molecule has 0 heterocycles. The first-order valence-corrected chi connectivity index (χ1v) is 9.23. The Hall–Kier alpha value is -2.08. The van der Waals surface area contributed by atoms with E-state index in [1.807, 2.05) is 6.07 Å². The number of methoxy groups -OCH3 is 1. The van der Waals surface area contributed by atoms with Crippen molar-refractivity contribution in [2.45, 2.75) is 50.6 Å². The van der Waals surface area contributed by atoms with E-state index < -0.39 is 11.9 Å². The number of carbonyl (C=O) groups is 2. The Morgan fingerprint density at radius 3 is 2.08 bits per heavy atom. The van der Waals surface area contributed by atoms with E-state index in [2.05, 4.69) is 23.5 Å². The Labute approximate surface area is 153 Å². The van der Waals surface area contributed by atoms with Crippen LogP contribution in [0.15, 0.2) is 24.3 Å². The van der Waals surface area contributed by atoms with E-state index in [9.17, 15) is 0 Å². The van der Waals surface area contributed by atoms with E-state index in [0.29, 0.717) is 5.54 Å². The van der Waals surface area contributed by atoms with Crippen LogP contribution in [0.5, 0.6) is 5.75 Å². The Balaban J connectivity index is 0.000000286. The first-order valence-electron chi connectivity index (χ1n) is 9.23. The van der Waals surface area contributed by atoms with E-state index in [0.717, 1.165) is 30.0 Å². The third-order valence-corrected chi connectivity index (χ3v) is 6.02. The number of hydrogen-bond donors (Lipinski definition) is 3. The maximum atomic E-state index is 9.10. The quantitative estimate of drug-likeness (QED) is 0.714. The van der Waals surface area contributed by atoms with Gasteiger partial charge in [0.1, 0.15) is 5.75 Å². The first kappa shape index (κ1) is 18.7. The molecular formula is C20H27NO5. The number of carboxylic acids is 2. The molecule has 0 saturated heterocycles. The van der Waals surface area contributed by atoms with Crippen molar-refractivity contribution in [2.75, 3.05) is 7.11 Å². The average molecular weight is 361 g/mol. The molecule has 0 aromatic heterocycles. The number of hydrogen-bond acceptors (Lipinski definition) is 4. The summed E-state index contributed by atoms with van der Waals surface area (Å²) in [6.45, 7) is 0.989. The number of rotatable bonds is 4. The van der Waals surface area contributed by atoms with Crippen molar-refractivity contribution in [3.63, 3.8) is 0 Å². The molecule has 4 fully saturated rings. The largest absolute Gasteiger partial charge is 0.497 e. The fourth-order valence-electron chi connectivity index (χ4n) is 5.40. The molecule has 4 saturated carbocycles. The highest BCUT2D eigenvalue weighted by Gasteiger charge is 2.50. The van der Waals surface area contributed by atoms with Crippen LogP contribution in [0.2, 0.25) is 0 Å². The van der Waals surface area contributed by atoms with Gasteiger partial charge in [-0.2, -0.15) is 0 Å². The highest BCUT2D eigenvalue weighted by Crippen LogP contribution is 2.55. The zero-order chi connectivity index (χ0) is 18.7. The number of ether oxygens (including phenoxy) is 1. The van der Waals surface area contributed by atoms with Crippen LogP contribution in [0.25, 0.3) is 0 Å². The van der Waals surface area contributed by atoms with Gasteiger partial charge < -0.3 is 20.3 Å². The molecule has 1 aromatic rings. The first-order chi connectivity index (χ1) is 12.4. The second-order valence-electron chi connectivity index (χ2n) is 8.01. The van der Waals surface area contributed by atoms with Crippen LogP contribution >= 0.6 is 0 Å². The molecule has 4 aliphatic carbocycles. The maximum absolute atomic E-state index is 9.10. The van der Waals surface area contributed by atoms with Gasteiger partial charge in [0.15, 0.2) is 0 Å². The smallest absolute Gasteiger partial charge is 0.414 e. The third kappa shape index (κ3) is 4.36. The summed E-state index contributed by atoms with van der Waals surface area (Å²) >= 11 is 0. The summed E-state index contributed by atoms with van der Waals surface area (Å²) < 4.78 is 5.32. The van der Waals surface area contributed by atoms with Gasteiger partial charge in [-0.05, 0) is 74.0 Å². The van der Waals surface area contributed by atoms with Crippen molar-refractivity contribution in [1.82, 2.24) is 5.32 Å². The summed E-state index contributed by atoms with van der Waals surface area (Å²) in [5, 5.41) is 18.7. The lowest BCUT2D eigenvalue weighted by Crippen LogP contribution is -2.58. The predicted molar refractivity (Wildman–Crippen MR) is 96.0 cm³/mol. The molecule has 1 aromatic carbocycles. The van der Waals surface area contributed by atoms with Crippen LogP contribution in [0, 0.1) is 17.8 Å². The van der Waals surface area contributed by atoms with Gasteiger partial charge in [-0.1, -0.05) is 12.1 Å². The zero-order valence-corrected chi connectivity index (χ0v) is 15.1. The predicted octanol–water partition coefficient (Wildman–Crippen LogP) is 2.91. The highest BCUT2D eigenvalue weighted by atomic mass is 16.5. The van der Waals surface area contributed by atoms with Crippen molar-refractivity contribution in [1.29, 1.82) is 0 Å². The van der Waals surface area contributed by atoms with Gasteiger partial charge in [0, 0.05) is 12.1 Å². The van der Waals surface area contributed by atoms with Crippen molar-refractivity contribution in [3.05, 3.63) is 29.8 Å². The summed E-state index contributed by atoms with van der Waals surface area (Å²) in [4.78, 5) is 18.2. The van der Waals surface area contributed by atoms with E-state index in [-0.39, 0.29) is 0 Å². The van der Waals surface area contributed by atoms with Crippen LogP contribution in [0.3, 0.4) is 0 Å². The molecule has 6 heteroatoms. The summed E-state index contributed by atoms with van der Waals surface area (Å²) in [6.07, 6.45) is 8.80. The third-order valence-electron chi connectivity index (χ3n) is 6.02. The van der Waals surface area contributed by atoms with E-state index in [4.69, 9.17) is 24.5 Å². The Bertz CT molecular complexity index is 625. The number of aliphatic carboxylic acids is 2. The Morgan fingerprint density at radius 1 is 1.08 bits per heavy atom. The Morgan fingerprint density at radius 2 is 1.62 bits per heavy atom. The fraction of sp³-hybridized carbons (Fsp3) is 0.600. The maximum Gasteiger partial charge on any atom is 0.414 e. The normalized spacial score (nSPS) is 31.0. The molecule has 0 unspecified atom stereocenters. The summed E-state index contributed by atoms with van der Waals surface area (Å²) in [6, 6.07) is 8.48. The second-order valence-corrected chi connectivity index (χ2v) is 8.01. The highest BCUT2D eigenvalue weighted by molar-refractivity contribution is 6.27. The van der Waals surface area contributed by atoms with Gasteiger partial charge in [0.05, 0.1) is 7.11 Å². The molecule has 0 radical (unpaired) electrons. The minimum atomic E-state index is -1.82. The summed E-state index contributed by atoms with van der Waals surface area (Å²) in [5.41, 5.74) is 1.80. The lowest BCUT2D eigenvalue weighted by Gasteiger charge is -2.57. The van der Waals surface area contributed by atoms with Crippen LogP contribution in [0.4, 0.5) is 0 Å². The van der Waals surface area contributed by atoms with Gasteiger partial charge in [0.25, 0.3) is 0 Å². The monoisotopic (exact) mass is 361 g/mol. The minimum absolute atomic E-state index is 0.456. The lowest BCUT2D eigenvalue weighted by molar-refractivity contribution is -0.159. The standard InChI is InChI=1S/C18H25NO.C2H2O4/c1-20-17-4-2-3-13(8-17)12-19-18-9-14-5-15(10-18)7-16(6-14)11-18;3-1(4)2(5)6/h2-4,8,14-16,19H,5-7,9-12H2,1H3;(H,3,4)(H,5,6). The van der Waals surface area contributed by atoms with Gasteiger partial charge in [-0.15, -0.1) is 0 Å². The van der Waals surface area contributed by atoms with Gasteiger partial charge >= 0.3 is 11.9 Å².